The highest BCUT2D eigenvalue weighted by atomic mass is 32.2. The lowest BCUT2D eigenvalue weighted by Crippen LogP contribution is -2.25. The standard InChI is InChI=1S/C22H27NO8S/c1-14(22(24)25)23-18-10-15(6-7-19(18)29-3)13-32(26,27)9-8-17-20(30-4)11-16(28-2)12-21(17)31-5/h6-12,14,23H,13H2,1-5H3,(H,24,25)/b9-8+/t14-/m0/s1. The van der Waals surface area contributed by atoms with Crippen LogP contribution in [0.5, 0.6) is 23.0 Å². The first-order valence-electron chi connectivity index (χ1n) is 9.51. The van der Waals surface area contributed by atoms with E-state index in [1.54, 1.807) is 30.3 Å². The van der Waals surface area contributed by atoms with Gasteiger partial charge in [0.1, 0.15) is 29.0 Å². The van der Waals surface area contributed by atoms with Crippen molar-refractivity contribution in [2.45, 2.75) is 18.7 Å². The number of hydrogen-bond donors (Lipinski definition) is 2. The molecule has 0 saturated carbocycles. The first kappa shape index (κ1) is 24.9. The number of benzene rings is 2. The third-order valence-electron chi connectivity index (χ3n) is 4.57. The average molecular weight is 466 g/mol. The second kappa shape index (κ2) is 10.8. The number of nitrogens with one attached hydrogen (secondary N) is 1. The van der Waals surface area contributed by atoms with Crippen molar-refractivity contribution in [1.29, 1.82) is 0 Å². The first-order chi connectivity index (χ1) is 15.1. The minimum atomic E-state index is -3.69. The van der Waals surface area contributed by atoms with Gasteiger partial charge in [-0.1, -0.05) is 6.07 Å². The number of anilines is 1. The molecule has 2 aromatic rings. The lowest BCUT2D eigenvalue weighted by molar-refractivity contribution is -0.137. The van der Waals surface area contributed by atoms with E-state index in [-0.39, 0.29) is 5.75 Å². The van der Waals surface area contributed by atoms with Gasteiger partial charge in [-0.25, -0.2) is 8.42 Å². The summed E-state index contributed by atoms with van der Waals surface area (Å²) in [6.45, 7) is 1.48. The van der Waals surface area contributed by atoms with Crippen LogP contribution >= 0.6 is 0 Å². The molecular formula is C22H27NO8S. The summed E-state index contributed by atoms with van der Waals surface area (Å²) in [6, 6.07) is 7.11. The van der Waals surface area contributed by atoms with Gasteiger partial charge in [0, 0.05) is 17.5 Å². The second-order valence-corrected chi connectivity index (χ2v) is 8.68. The normalized spacial score (nSPS) is 12.3. The monoisotopic (exact) mass is 465 g/mol. The van der Waals surface area contributed by atoms with Gasteiger partial charge < -0.3 is 29.4 Å². The smallest absolute Gasteiger partial charge is 0.325 e. The Morgan fingerprint density at radius 2 is 1.59 bits per heavy atom. The second-order valence-electron chi connectivity index (χ2n) is 6.79. The summed E-state index contributed by atoms with van der Waals surface area (Å²) in [5.74, 6) is 0.354. The average Bonchev–Trinajstić information content (AvgIpc) is 2.76. The van der Waals surface area contributed by atoms with Crippen LogP contribution in [-0.4, -0.2) is 54.0 Å². The van der Waals surface area contributed by atoms with Crippen molar-refractivity contribution in [3.05, 3.63) is 46.9 Å². The molecule has 0 amide bonds. The number of carboxylic acids is 1. The van der Waals surface area contributed by atoms with E-state index >= 15 is 0 Å². The van der Waals surface area contributed by atoms with E-state index in [1.165, 1.54) is 41.4 Å². The molecule has 0 radical (unpaired) electrons. The van der Waals surface area contributed by atoms with Crippen LogP contribution in [0.2, 0.25) is 0 Å². The molecule has 0 spiro atoms. The molecule has 0 aromatic heterocycles. The topological polar surface area (TPSA) is 120 Å². The highest BCUT2D eigenvalue weighted by molar-refractivity contribution is 7.93. The van der Waals surface area contributed by atoms with Crippen LogP contribution in [0.4, 0.5) is 5.69 Å². The maximum atomic E-state index is 12.8. The van der Waals surface area contributed by atoms with Crippen LogP contribution in [0.15, 0.2) is 35.7 Å². The summed E-state index contributed by atoms with van der Waals surface area (Å²) >= 11 is 0. The molecule has 0 aliphatic rings. The quantitative estimate of drug-likeness (QED) is 0.515. The molecule has 0 bridgehead atoms. The highest BCUT2D eigenvalue weighted by Gasteiger charge is 2.17. The number of hydrogen-bond acceptors (Lipinski definition) is 8. The third kappa shape index (κ3) is 6.30. The summed E-state index contributed by atoms with van der Waals surface area (Å²) < 4.78 is 46.6. The van der Waals surface area contributed by atoms with Crippen molar-refractivity contribution in [2.75, 3.05) is 33.8 Å². The van der Waals surface area contributed by atoms with Gasteiger partial charge >= 0.3 is 5.97 Å². The summed E-state index contributed by atoms with van der Waals surface area (Å²) in [4.78, 5) is 11.1. The fourth-order valence-electron chi connectivity index (χ4n) is 2.90. The van der Waals surface area contributed by atoms with Crippen LogP contribution in [0.3, 0.4) is 0 Å². The Morgan fingerprint density at radius 1 is 1.00 bits per heavy atom. The number of carboxylic acid groups (broad SMARTS) is 1. The number of methoxy groups -OCH3 is 4. The molecule has 0 heterocycles. The van der Waals surface area contributed by atoms with Crippen LogP contribution in [0.25, 0.3) is 6.08 Å². The number of ether oxygens (including phenoxy) is 4. The summed E-state index contributed by atoms with van der Waals surface area (Å²) in [6.07, 6.45) is 1.40. The number of sulfone groups is 1. The van der Waals surface area contributed by atoms with Gasteiger partial charge in [0.15, 0.2) is 9.84 Å². The minimum Gasteiger partial charge on any atom is -0.496 e. The minimum absolute atomic E-state index is 0.301. The van der Waals surface area contributed by atoms with Crippen LogP contribution in [-0.2, 0) is 20.4 Å². The van der Waals surface area contributed by atoms with Crippen molar-refractivity contribution >= 4 is 27.6 Å². The molecule has 174 valence electrons. The molecule has 2 N–H and O–H groups in total. The van der Waals surface area contributed by atoms with Crippen molar-refractivity contribution in [3.63, 3.8) is 0 Å². The zero-order valence-corrected chi connectivity index (χ0v) is 19.4. The van der Waals surface area contributed by atoms with Gasteiger partial charge in [-0.15, -0.1) is 0 Å². The fourth-order valence-corrected chi connectivity index (χ4v) is 3.99. The predicted octanol–water partition coefficient (Wildman–Crippen LogP) is 3.19. The van der Waals surface area contributed by atoms with E-state index in [0.717, 1.165) is 5.41 Å². The molecule has 2 aromatic carbocycles. The number of aliphatic carboxylic acids is 1. The van der Waals surface area contributed by atoms with Crippen LogP contribution in [0, 0.1) is 0 Å². The maximum absolute atomic E-state index is 12.8. The Bertz CT molecular complexity index is 1070. The molecule has 32 heavy (non-hydrogen) atoms. The molecule has 0 unspecified atom stereocenters. The summed E-state index contributed by atoms with van der Waals surface area (Å²) in [7, 11) is 2.19. The van der Waals surface area contributed by atoms with Crippen LogP contribution in [0.1, 0.15) is 18.1 Å². The van der Waals surface area contributed by atoms with E-state index < -0.39 is 21.8 Å². The molecule has 10 heteroatoms. The Labute approximate surface area is 187 Å². The van der Waals surface area contributed by atoms with Gasteiger partial charge in [-0.05, 0) is 30.7 Å². The first-order valence-corrected chi connectivity index (χ1v) is 11.2. The molecule has 0 fully saturated rings. The third-order valence-corrected chi connectivity index (χ3v) is 5.86. The highest BCUT2D eigenvalue weighted by Crippen LogP contribution is 2.35. The Balaban J connectivity index is 2.33. The molecule has 0 saturated heterocycles. The molecule has 0 aliphatic heterocycles. The Hall–Kier alpha value is -3.40. The summed E-state index contributed by atoms with van der Waals surface area (Å²) in [5, 5.41) is 13.0. The zero-order valence-electron chi connectivity index (χ0n) is 18.5. The van der Waals surface area contributed by atoms with E-state index in [2.05, 4.69) is 5.32 Å². The molecule has 2 rings (SSSR count). The molecule has 9 nitrogen and oxygen atoms in total. The van der Waals surface area contributed by atoms with E-state index in [4.69, 9.17) is 24.1 Å². The predicted molar refractivity (Wildman–Crippen MR) is 121 cm³/mol. The van der Waals surface area contributed by atoms with Crippen molar-refractivity contribution in [2.24, 2.45) is 0 Å². The van der Waals surface area contributed by atoms with E-state index in [9.17, 15) is 13.2 Å². The van der Waals surface area contributed by atoms with Crippen molar-refractivity contribution in [1.82, 2.24) is 0 Å². The maximum Gasteiger partial charge on any atom is 0.325 e. The molecule has 1 atom stereocenters. The zero-order chi connectivity index (χ0) is 23.9. The molecule has 0 aliphatic carbocycles. The van der Waals surface area contributed by atoms with Gasteiger partial charge in [0.25, 0.3) is 0 Å². The number of carbonyl (C=O) groups is 1. The van der Waals surface area contributed by atoms with E-state index in [1.807, 2.05) is 0 Å². The SMILES string of the molecule is COc1cc(OC)c(/C=C/S(=O)(=O)Cc2ccc(OC)c(N[C@@H](C)C(=O)O)c2)c(OC)c1. The fraction of sp³-hybridized carbons (Fsp3) is 0.318. The van der Waals surface area contributed by atoms with Gasteiger partial charge in [0.05, 0.1) is 45.4 Å². The van der Waals surface area contributed by atoms with Crippen molar-refractivity contribution in [3.8, 4) is 23.0 Å². The van der Waals surface area contributed by atoms with Gasteiger partial charge in [0.2, 0.25) is 0 Å². The Kier molecular flexibility index (Phi) is 8.36. The van der Waals surface area contributed by atoms with Crippen molar-refractivity contribution < 1.29 is 37.3 Å². The van der Waals surface area contributed by atoms with Gasteiger partial charge in [-0.3, -0.25) is 4.79 Å². The van der Waals surface area contributed by atoms with Gasteiger partial charge in [-0.2, -0.15) is 0 Å². The largest absolute Gasteiger partial charge is 0.496 e. The Morgan fingerprint density at radius 3 is 2.09 bits per heavy atom. The lowest BCUT2D eigenvalue weighted by Gasteiger charge is -2.15. The van der Waals surface area contributed by atoms with Crippen LogP contribution < -0.4 is 24.3 Å². The number of rotatable bonds is 11. The summed E-state index contributed by atoms with van der Waals surface area (Å²) in [5.41, 5.74) is 1.30. The lowest BCUT2D eigenvalue weighted by atomic mass is 10.1. The molecular weight excluding hydrogens is 438 g/mol. The van der Waals surface area contributed by atoms with E-state index in [0.29, 0.717) is 39.8 Å².